The number of benzene rings is 2. The van der Waals surface area contributed by atoms with Gasteiger partial charge in [0.05, 0.1) is 36.8 Å². The van der Waals surface area contributed by atoms with Crippen molar-refractivity contribution in [2.45, 2.75) is 6.54 Å². The molecular formula is C20H21N5O2. The molecule has 138 valence electrons. The number of hydrogen-bond donors (Lipinski definition) is 1. The van der Waals surface area contributed by atoms with Crippen LogP contribution in [0.5, 0.6) is 0 Å². The number of fused-ring (bicyclic) bond motifs is 1. The number of nitrogens with one attached hydrogen (secondary N) is 1. The van der Waals surface area contributed by atoms with Gasteiger partial charge in [-0.2, -0.15) is 5.10 Å². The zero-order chi connectivity index (χ0) is 18.5. The summed E-state index contributed by atoms with van der Waals surface area (Å²) in [7, 11) is 0. The number of amides is 1. The summed E-state index contributed by atoms with van der Waals surface area (Å²) in [5.41, 5.74) is 6.47. The molecule has 1 N–H and O–H groups in total. The van der Waals surface area contributed by atoms with Crippen LogP contribution in [0.3, 0.4) is 0 Å². The summed E-state index contributed by atoms with van der Waals surface area (Å²) in [6.45, 7) is 3.52. The molecule has 0 aliphatic carbocycles. The van der Waals surface area contributed by atoms with E-state index in [-0.39, 0.29) is 12.5 Å². The van der Waals surface area contributed by atoms with E-state index in [4.69, 9.17) is 4.74 Å². The molecule has 7 nitrogen and oxygen atoms in total. The number of nitrogens with zero attached hydrogens (tertiary/aromatic N) is 4. The van der Waals surface area contributed by atoms with Crippen molar-refractivity contribution >= 4 is 28.8 Å². The summed E-state index contributed by atoms with van der Waals surface area (Å²) >= 11 is 0. The van der Waals surface area contributed by atoms with Crippen molar-refractivity contribution in [1.29, 1.82) is 0 Å². The molecule has 1 saturated heterocycles. The summed E-state index contributed by atoms with van der Waals surface area (Å²) < 4.78 is 7.18. The van der Waals surface area contributed by atoms with Gasteiger partial charge in [-0.3, -0.25) is 4.79 Å². The Morgan fingerprint density at radius 3 is 2.74 bits per heavy atom. The minimum atomic E-state index is -0.195. The lowest BCUT2D eigenvalue weighted by Gasteiger charge is -2.28. The van der Waals surface area contributed by atoms with E-state index in [0.717, 1.165) is 42.9 Å². The number of ether oxygens (including phenoxy) is 1. The number of carbonyl (C=O) groups is 1. The molecule has 0 radical (unpaired) electrons. The van der Waals surface area contributed by atoms with Gasteiger partial charge in [-0.1, -0.05) is 24.3 Å². The van der Waals surface area contributed by atoms with Gasteiger partial charge < -0.3 is 14.2 Å². The standard InChI is InChI=1S/C20H21N5O2/c26-20(14-25-15-21-18-3-1-2-4-19(18)25)23-22-13-16-5-7-17(8-6-16)24-9-11-27-12-10-24/h1-8,13,15H,9-12,14H2,(H,23,26)/b22-13+. The van der Waals surface area contributed by atoms with E-state index < -0.39 is 0 Å². The lowest BCUT2D eigenvalue weighted by Crippen LogP contribution is -2.36. The van der Waals surface area contributed by atoms with Crippen LogP contribution >= 0.6 is 0 Å². The monoisotopic (exact) mass is 363 g/mol. The van der Waals surface area contributed by atoms with Crippen LogP contribution in [0.4, 0.5) is 5.69 Å². The fraction of sp³-hybridized carbons (Fsp3) is 0.250. The van der Waals surface area contributed by atoms with Crippen LogP contribution < -0.4 is 10.3 Å². The van der Waals surface area contributed by atoms with E-state index in [0.29, 0.717) is 0 Å². The predicted molar refractivity (Wildman–Crippen MR) is 105 cm³/mol. The van der Waals surface area contributed by atoms with Crippen LogP contribution in [0.15, 0.2) is 60.0 Å². The third-order valence-electron chi connectivity index (χ3n) is 4.51. The fourth-order valence-electron chi connectivity index (χ4n) is 3.10. The van der Waals surface area contributed by atoms with Gasteiger partial charge in [0, 0.05) is 18.8 Å². The first-order valence-corrected chi connectivity index (χ1v) is 8.94. The van der Waals surface area contributed by atoms with E-state index >= 15 is 0 Å². The molecule has 1 aromatic heterocycles. The van der Waals surface area contributed by atoms with Crippen LogP contribution in [0, 0.1) is 0 Å². The summed E-state index contributed by atoms with van der Waals surface area (Å²) in [6, 6.07) is 15.8. The molecule has 1 amide bonds. The van der Waals surface area contributed by atoms with Gasteiger partial charge in [0.15, 0.2) is 0 Å². The van der Waals surface area contributed by atoms with Crippen molar-refractivity contribution in [1.82, 2.24) is 15.0 Å². The summed E-state index contributed by atoms with van der Waals surface area (Å²) in [5.74, 6) is -0.195. The van der Waals surface area contributed by atoms with Crippen LogP contribution in [0.1, 0.15) is 5.56 Å². The van der Waals surface area contributed by atoms with Gasteiger partial charge in [-0.25, -0.2) is 10.4 Å². The molecular weight excluding hydrogens is 342 g/mol. The minimum Gasteiger partial charge on any atom is -0.378 e. The van der Waals surface area contributed by atoms with E-state index in [1.54, 1.807) is 17.1 Å². The maximum Gasteiger partial charge on any atom is 0.260 e. The lowest BCUT2D eigenvalue weighted by molar-refractivity contribution is -0.121. The van der Waals surface area contributed by atoms with Crippen LogP contribution in [-0.4, -0.2) is 48.0 Å². The second-order valence-electron chi connectivity index (χ2n) is 6.35. The fourth-order valence-corrected chi connectivity index (χ4v) is 3.10. The lowest BCUT2D eigenvalue weighted by atomic mass is 10.2. The van der Waals surface area contributed by atoms with Crippen LogP contribution in [0.2, 0.25) is 0 Å². The number of rotatable bonds is 5. The average molecular weight is 363 g/mol. The minimum absolute atomic E-state index is 0.174. The largest absolute Gasteiger partial charge is 0.378 e. The Kier molecular flexibility index (Phi) is 5.11. The highest BCUT2D eigenvalue weighted by Gasteiger charge is 2.10. The molecule has 0 spiro atoms. The molecule has 7 heteroatoms. The zero-order valence-electron chi connectivity index (χ0n) is 14.9. The number of para-hydroxylation sites is 2. The second kappa shape index (κ2) is 8.01. The molecule has 0 saturated carbocycles. The highest BCUT2D eigenvalue weighted by atomic mass is 16.5. The molecule has 27 heavy (non-hydrogen) atoms. The van der Waals surface area contributed by atoms with Crippen molar-refractivity contribution in [2.75, 3.05) is 31.2 Å². The number of carbonyl (C=O) groups excluding carboxylic acids is 1. The number of anilines is 1. The third kappa shape index (κ3) is 4.15. The Labute approximate surface area is 157 Å². The number of aromatic nitrogens is 2. The third-order valence-corrected chi connectivity index (χ3v) is 4.51. The average Bonchev–Trinajstić information content (AvgIpc) is 3.12. The molecule has 0 bridgehead atoms. The van der Waals surface area contributed by atoms with Crippen molar-refractivity contribution < 1.29 is 9.53 Å². The molecule has 3 aromatic rings. The highest BCUT2D eigenvalue weighted by molar-refractivity contribution is 5.84. The first-order valence-electron chi connectivity index (χ1n) is 8.94. The zero-order valence-corrected chi connectivity index (χ0v) is 14.9. The maximum absolute atomic E-state index is 12.1. The number of hydrogen-bond acceptors (Lipinski definition) is 5. The maximum atomic E-state index is 12.1. The number of hydrazone groups is 1. The topological polar surface area (TPSA) is 71.8 Å². The SMILES string of the molecule is O=C(Cn1cnc2ccccc21)N/N=C/c1ccc(N2CCOCC2)cc1. The summed E-state index contributed by atoms with van der Waals surface area (Å²) in [5, 5.41) is 4.05. The highest BCUT2D eigenvalue weighted by Crippen LogP contribution is 2.16. The Morgan fingerprint density at radius 2 is 1.93 bits per heavy atom. The van der Waals surface area contributed by atoms with Crippen LogP contribution in [-0.2, 0) is 16.1 Å². The molecule has 2 aromatic carbocycles. The molecule has 0 unspecified atom stereocenters. The van der Waals surface area contributed by atoms with Gasteiger partial charge >= 0.3 is 0 Å². The summed E-state index contributed by atoms with van der Waals surface area (Å²) in [4.78, 5) is 18.7. The first-order chi connectivity index (χ1) is 13.3. The number of imidazole rings is 1. The molecule has 4 rings (SSSR count). The predicted octanol–water partition coefficient (Wildman–Crippen LogP) is 2.02. The summed E-state index contributed by atoms with van der Waals surface area (Å²) in [6.07, 6.45) is 3.31. The van der Waals surface area contributed by atoms with Gasteiger partial charge in [0.2, 0.25) is 0 Å². The quantitative estimate of drug-likeness (QED) is 0.556. The van der Waals surface area contributed by atoms with Gasteiger partial charge in [-0.15, -0.1) is 0 Å². The first kappa shape index (κ1) is 17.2. The van der Waals surface area contributed by atoms with E-state index in [9.17, 15) is 4.79 Å². The van der Waals surface area contributed by atoms with Crippen LogP contribution in [0.25, 0.3) is 11.0 Å². The van der Waals surface area contributed by atoms with Crippen molar-refractivity contribution in [3.05, 3.63) is 60.4 Å². The Balaban J connectivity index is 1.32. The van der Waals surface area contributed by atoms with Crippen molar-refractivity contribution in [3.63, 3.8) is 0 Å². The van der Waals surface area contributed by atoms with E-state index in [1.807, 2.05) is 36.4 Å². The Bertz CT molecular complexity index is 942. The molecule has 1 aliphatic rings. The van der Waals surface area contributed by atoms with E-state index in [2.05, 4.69) is 32.5 Å². The van der Waals surface area contributed by atoms with Gasteiger partial charge in [0.1, 0.15) is 6.54 Å². The van der Waals surface area contributed by atoms with E-state index in [1.165, 1.54) is 5.69 Å². The smallest absolute Gasteiger partial charge is 0.260 e. The molecule has 1 aliphatic heterocycles. The Morgan fingerprint density at radius 1 is 1.15 bits per heavy atom. The Hall–Kier alpha value is -3.19. The molecule has 0 atom stereocenters. The van der Waals surface area contributed by atoms with Gasteiger partial charge in [0.25, 0.3) is 5.91 Å². The normalized spacial score (nSPS) is 14.7. The number of morpholine rings is 1. The molecule has 1 fully saturated rings. The molecule has 2 heterocycles. The van der Waals surface area contributed by atoms with Gasteiger partial charge in [-0.05, 0) is 29.8 Å². The van der Waals surface area contributed by atoms with Crippen molar-refractivity contribution in [3.8, 4) is 0 Å². The second-order valence-corrected chi connectivity index (χ2v) is 6.35. The van der Waals surface area contributed by atoms with Crippen molar-refractivity contribution in [2.24, 2.45) is 5.10 Å².